The fourth-order valence-corrected chi connectivity index (χ4v) is 2.41. The average molecular weight is 215 g/mol. The zero-order chi connectivity index (χ0) is 11.5. The standard InChI is InChI=1S/C13H17N3/c1-16(13-4-2-3-12(13)15)11-7-5-10(9-14)6-8-11/h5-8,12-13H,2-4,15H2,1H3. The molecule has 1 aromatic carbocycles. The van der Waals surface area contributed by atoms with Crippen molar-refractivity contribution in [1.82, 2.24) is 0 Å². The van der Waals surface area contributed by atoms with E-state index in [-0.39, 0.29) is 6.04 Å². The summed E-state index contributed by atoms with van der Waals surface area (Å²) in [4.78, 5) is 2.23. The van der Waals surface area contributed by atoms with E-state index < -0.39 is 0 Å². The quantitative estimate of drug-likeness (QED) is 0.819. The molecule has 84 valence electrons. The fourth-order valence-electron chi connectivity index (χ4n) is 2.41. The van der Waals surface area contributed by atoms with Crippen LogP contribution in [-0.4, -0.2) is 19.1 Å². The first-order valence-corrected chi connectivity index (χ1v) is 5.71. The van der Waals surface area contributed by atoms with Crippen molar-refractivity contribution in [3.05, 3.63) is 29.8 Å². The number of likely N-dealkylation sites (N-methyl/N-ethyl adjacent to an activating group) is 1. The molecular weight excluding hydrogens is 198 g/mol. The van der Waals surface area contributed by atoms with Crippen molar-refractivity contribution in [3.8, 4) is 6.07 Å². The molecule has 0 spiro atoms. The van der Waals surface area contributed by atoms with Crippen LogP contribution in [-0.2, 0) is 0 Å². The van der Waals surface area contributed by atoms with Gasteiger partial charge in [0, 0.05) is 24.8 Å². The molecule has 1 fully saturated rings. The van der Waals surface area contributed by atoms with Crippen molar-refractivity contribution < 1.29 is 0 Å². The lowest BCUT2D eigenvalue weighted by molar-refractivity contribution is 0.573. The molecule has 1 aliphatic rings. The summed E-state index contributed by atoms with van der Waals surface area (Å²) < 4.78 is 0. The van der Waals surface area contributed by atoms with Crippen LogP contribution in [0.5, 0.6) is 0 Å². The van der Waals surface area contributed by atoms with Crippen LogP contribution in [0.25, 0.3) is 0 Å². The summed E-state index contributed by atoms with van der Waals surface area (Å²) in [6, 6.07) is 10.5. The van der Waals surface area contributed by atoms with E-state index in [1.165, 1.54) is 6.42 Å². The van der Waals surface area contributed by atoms with Gasteiger partial charge in [-0.25, -0.2) is 0 Å². The Morgan fingerprint density at radius 3 is 2.50 bits per heavy atom. The van der Waals surface area contributed by atoms with Crippen molar-refractivity contribution in [2.75, 3.05) is 11.9 Å². The molecule has 1 aromatic rings. The van der Waals surface area contributed by atoms with Gasteiger partial charge in [-0.1, -0.05) is 0 Å². The van der Waals surface area contributed by atoms with Crippen molar-refractivity contribution >= 4 is 5.69 Å². The second kappa shape index (κ2) is 4.54. The second-order valence-electron chi connectivity index (χ2n) is 4.43. The van der Waals surface area contributed by atoms with Gasteiger partial charge in [-0.05, 0) is 43.5 Å². The third-order valence-corrected chi connectivity index (χ3v) is 3.43. The fraction of sp³-hybridized carbons (Fsp3) is 0.462. The predicted molar refractivity (Wildman–Crippen MR) is 65.2 cm³/mol. The van der Waals surface area contributed by atoms with Gasteiger partial charge in [0.05, 0.1) is 11.6 Å². The Hall–Kier alpha value is -1.53. The SMILES string of the molecule is CN(c1ccc(C#N)cc1)C1CCCC1N. The largest absolute Gasteiger partial charge is 0.370 e. The van der Waals surface area contributed by atoms with E-state index in [4.69, 9.17) is 11.0 Å². The predicted octanol–water partition coefficient (Wildman–Crippen LogP) is 1.87. The molecule has 0 amide bonds. The van der Waals surface area contributed by atoms with Gasteiger partial charge >= 0.3 is 0 Å². The lowest BCUT2D eigenvalue weighted by Crippen LogP contribution is -2.42. The van der Waals surface area contributed by atoms with E-state index in [2.05, 4.69) is 18.0 Å². The number of rotatable bonds is 2. The Balaban J connectivity index is 2.14. The van der Waals surface area contributed by atoms with Crippen LogP contribution in [0.4, 0.5) is 5.69 Å². The zero-order valence-corrected chi connectivity index (χ0v) is 9.56. The summed E-state index contributed by atoms with van der Waals surface area (Å²) >= 11 is 0. The number of benzene rings is 1. The Kier molecular flexibility index (Phi) is 3.12. The minimum atomic E-state index is 0.278. The molecule has 16 heavy (non-hydrogen) atoms. The normalized spacial score (nSPS) is 24.1. The first kappa shape index (κ1) is 11.0. The summed E-state index contributed by atoms with van der Waals surface area (Å²) in [5.74, 6) is 0. The number of nitrogens with zero attached hydrogens (tertiary/aromatic N) is 2. The van der Waals surface area contributed by atoms with Gasteiger partial charge < -0.3 is 10.6 Å². The highest BCUT2D eigenvalue weighted by molar-refractivity contribution is 5.50. The van der Waals surface area contributed by atoms with Gasteiger partial charge in [-0.2, -0.15) is 5.26 Å². The maximum atomic E-state index is 8.74. The first-order valence-electron chi connectivity index (χ1n) is 5.71. The zero-order valence-electron chi connectivity index (χ0n) is 9.56. The van der Waals surface area contributed by atoms with Crippen molar-refractivity contribution in [2.45, 2.75) is 31.3 Å². The van der Waals surface area contributed by atoms with Crippen LogP contribution in [0.2, 0.25) is 0 Å². The molecule has 1 aliphatic carbocycles. The van der Waals surface area contributed by atoms with Gasteiger partial charge in [-0.15, -0.1) is 0 Å². The van der Waals surface area contributed by atoms with E-state index in [0.717, 1.165) is 18.5 Å². The molecule has 2 N–H and O–H groups in total. The van der Waals surface area contributed by atoms with Crippen molar-refractivity contribution in [3.63, 3.8) is 0 Å². The minimum absolute atomic E-state index is 0.278. The van der Waals surface area contributed by atoms with Crippen molar-refractivity contribution in [2.24, 2.45) is 5.73 Å². The van der Waals surface area contributed by atoms with Gasteiger partial charge in [0.15, 0.2) is 0 Å². The molecule has 2 atom stereocenters. The molecule has 0 aliphatic heterocycles. The highest BCUT2D eigenvalue weighted by atomic mass is 15.2. The number of nitrogens with two attached hydrogens (primary N) is 1. The van der Waals surface area contributed by atoms with E-state index in [0.29, 0.717) is 11.6 Å². The van der Waals surface area contributed by atoms with Crippen LogP contribution >= 0.6 is 0 Å². The minimum Gasteiger partial charge on any atom is -0.370 e. The molecule has 0 heterocycles. The molecule has 1 saturated carbocycles. The van der Waals surface area contributed by atoms with Gasteiger partial charge in [0.25, 0.3) is 0 Å². The smallest absolute Gasteiger partial charge is 0.0991 e. The van der Waals surface area contributed by atoms with Crippen LogP contribution in [0, 0.1) is 11.3 Å². The Labute approximate surface area is 96.5 Å². The lowest BCUT2D eigenvalue weighted by atomic mass is 10.1. The van der Waals surface area contributed by atoms with E-state index in [1.807, 2.05) is 24.3 Å². The molecule has 0 saturated heterocycles. The first-order chi connectivity index (χ1) is 7.72. The Morgan fingerprint density at radius 2 is 2.00 bits per heavy atom. The van der Waals surface area contributed by atoms with Crippen LogP contribution < -0.4 is 10.6 Å². The Morgan fingerprint density at radius 1 is 1.31 bits per heavy atom. The molecule has 3 nitrogen and oxygen atoms in total. The highest BCUT2D eigenvalue weighted by Gasteiger charge is 2.27. The van der Waals surface area contributed by atoms with E-state index >= 15 is 0 Å². The molecule has 3 heteroatoms. The Bertz CT molecular complexity index is 391. The van der Waals surface area contributed by atoms with E-state index in [9.17, 15) is 0 Å². The third kappa shape index (κ3) is 2.02. The van der Waals surface area contributed by atoms with Gasteiger partial charge in [0.2, 0.25) is 0 Å². The van der Waals surface area contributed by atoms with Crippen LogP contribution in [0.1, 0.15) is 24.8 Å². The molecule has 0 bridgehead atoms. The summed E-state index contributed by atoms with van der Waals surface area (Å²) in [5, 5.41) is 8.74. The average Bonchev–Trinajstić information content (AvgIpc) is 2.75. The van der Waals surface area contributed by atoms with Crippen molar-refractivity contribution in [1.29, 1.82) is 5.26 Å². The third-order valence-electron chi connectivity index (χ3n) is 3.43. The maximum absolute atomic E-state index is 8.74. The van der Waals surface area contributed by atoms with Crippen LogP contribution in [0.3, 0.4) is 0 Å². The summed E-state index contributed by atoms with van der Waals surface area (Å²) in [5.41, 5.74) is 7.92. The molecular formula is C13H17N3. The van der Waals surface area contributed by atoms with Gasteiger partial charge in [0.1, 0.15) is 0 Å². The molecule has 2 rings (SSSR count). The summed E-state index contributed by atoms with van der Waals surface area (Å²) in [6.45, 7) is 0. The number of anilines is 1. The number of hydrogen-bond acceptors (Lipinski definition) is 3. The summed E-state index contributed by atoms with van der Waals surface area (Å²) in [7, 11) is 2.08. The molecule has 2 unspecified atom stereocenters. The topological polar surface area (TPSA) is 53.0 Å². The second-order valence-corrected chi connectivity index (χ2v) is 4.43. The molecule has 0 radical (unpaired) electrons. The van der Waals surface area contributed by atoms with Gasteiger partial charge in [-0.3, -0.25) is 0 Å². The monoisotopic (exact) mass is 215 g/mol. The summed E-state index contributed by atoms with van der Waals surface area (Å²) in [6.07, 6.45) is 3.50. The molecule has 0 aromatic heterocycles. The number of nitriles is 1. The maximum Gasteiger partial charge on any atom is 0.0991 e. The van der Waals surface area contributed by atoms with E-state index in [1.54, 1.807) is 0 Å². The number of hydrogen-bond donors (Lipinski definition) is 1. The highest BCUT2D eigenvalue weighted by Crippen LogP contribution is 2.26. The van der Waals surface area contributed by atoms with Crippen LogP contribution in [0.15, 0.2) is 24.3 Å². The lowest BCUT2D eigenvalue weighted by Gasteiger charge is -2.29.